The zero-order valence-electron chi connectivity index (χ0n) is 11.1. The van der Waals surface area contributed by atoms with Gasteiger partial charge in [-0.2, -0.15) is 0 Å². The third-order valence-corrected chi connectivity index (χ3v) is 2.39. The topological polar surface area (TPSA) is 61.6 Å². The van der Waals surface area contributed by atoms with Gasteiger partial charge in [0.2, 0.25) is 0 Å². The maximum atomic E-state index is 11.5. The lowest BCUT2D eigenvalue weighted by atomic mass is 10.0. The lowest BCUT2D eigenvalue weighted by molar-refractivity contribution is -0.149. The van der Waals surface area contributed by atoms with Gasteiger partial charge in [0.05, 0.1) is 12.2 Å². The molecule has 0 saturated heterocycles. The number of nitrogens with two attached hydrogens (primary N) is 1. The number of ether oxygens (including phenoxy) is 2. The van der Waals surface area contributed by atoms with E-state index >= 15 is 0 Å². The number of rotatable bonds is 6. The van der Waals surface area contributed by atoms with Crippen molar-refractivity contribution in [1.29, 1.82) is 0 Å². The van der Waals surface area contributed by atoms with Crippen molar-refractivity contribution in [2.45, 2.75) is 52.7 Å². The van der Waals surface area contributed by atoms with Gasteiger partial charge in [0, 0.05) is 0 Å². The fraction of sp³-hybridized carbons (Fsp3) is 0.917. The second-order valence-electron chi connectivity index (χ2n) is 5.04. The standard InChI is InChI=1S/C12H25NO3/c1-6-9(2)10(13)11(14)15-7-8-16-12(3,4)5/h9-10H,6-8,13H2,1-5H3. The quantitative estimate of drug-likeness (QED) is 0.558. The number of esters is 1. The Morgan fingerprint density at radius 2 is 1.88 bits per heavy atom. The molecule has 0 aliphatic heterocycles. The van der Waals surface area contributed by atoms with Gasteiger partial charge >= 0.3 is 5.97 Å². The molecule has 0 aromatic heterocycles. The molecule has 0 radical (unpaired) electrons. The highest BCUT2D eigenvalue weighted by molar-refractivity contribution is 5.75. The Balaban J connectivity index is 3.74. The second-order valence-corrected chi connectivity index (χ2v) is 5.04. The van der Waals surface area contributed by atoms with Crippen LogP contribution < -0.4 is 5.73 Å². The molecule has 96 valence electrons. The van der Waals surface area contributed by atoms with Crippen LogP contribution in [0, 0.1) is 5.92 Å². The van der Waals surface area contributed by atoms with Gasteiger partial charge in [-0.25, -0.2) is 0 Å². The minimum Gasteiger partial charge on any atom is -0.462 e. The smallest absolute Gasteiger partial charge is 0.323 e. The van der Waals surface area contributed by atoms with Gasteiger partial charge in [-0.15, -0.1) is 0 Å². The maximum absolute atomic E-state index is 11.5. The summed E-state index contributed by atoms with van der Waals surface area (Å²) in [7, 11) is 0. The van der Waals surface area contributed by atoms with Crippen LogP contribution >= 0.6 is 0 Å². The summed E-state index contributed by atoms with van der Waals surface area (Å²) in [6.45, 7) is 10.5. The van der Waals surface area contributed by atoms with Crippen molar-refractivity contribution in [3.8, 4) is 0 Å². The van der Waals surface area contributed by atoms with E-state index in [1.165, 1.54) is 0 Å². The van der Waals surface area contributed by atoms with E-state index in [2.05, 4.69) is 0 Å². The Morgan fingerprint density at radius 3 is 2.31 bits per heavy atom. The molecule has 0 aliphatic rings. The van der Waals surface area contributed by atoms with Gasteiger partial charge in [0.25, 0.3) is 0 Å². The summed E-state index contributed by atoms with van der Waals surface area (Å²) < 4.78 is 10.5. The number of carbonyl (C=O) groups is 1. The summed E-state index contributed by atoms with van der Waals surface area (Å²) in [6, 6.07) is -0.528. The van der Waals surface area contributed by atoms with E-state index in [1.54, 1.807) is 0 Å². The molecule has 0 amide bonds. The first-order valence-electron chi connectivity index (χ1n) is 5.84. The zero-order chi connectivity index (χ0) is 12.8. The SMILES string of the molecule is CCC(C)C(N)C(=O)OCCOC(C)(C)C. The molecule has 0 heterocycles. The van der Waals surface area contributed by atoms with Crippen LogP contribution in [0.1, 0.15) is 41.0 Å². The molecule has 4 nitrogen and oxygen atoms in total. The van der Waals surface area contributed by atoms with Crippen LogP contribution in [-0.4, -0.2) is 30.8 Å². The van der Waals surface area contributed by atoms with Crippen LogP contribution in [0.5, 0.6) is 0 Å². The lowest BCUT2D eigenvalue weighted by Gasteiger charge is -2.20. The van der Waals surface area contributed by atoms with E-state index in [-0.39, 0.29) is 24.1 Å². The van der Waals surface area contributed by atoms with Gasteiger partial charge in [0.1, 0.15) is 12.6 Å². The first-order valence-corrected chi connectivity index (χ1v) is 5.84. The molecule has 2 unspecified atom stereocenters. The van der Waals surface area contributed by atoms with E-state index in [1.807, 2.05) is 34.6 Å². The Kier molecular flexibility index (Phi) is 6.60. The van der Waals surface area contributed by atoms with Crippen molar-refractivity contribution >= 4 is 5.97 Å². The van der Waals surface area contributed by atoms with E-state index in [0.29, 0.717) is 6.61 Å². The normalized spacial score (nSPS) is 15.6. The molecule has 0 bridgehead atoms. The molecule has 2 N–H and O–H groups in total. The predicted octanol–water partition coefficient (Wildman–Crippen LogP) is 1.72. The van der Waals surface area contributed by atoms with Gasteiger partial charge in [-0.05, 0) is 26.7 Å². The fourth-order valence-corrected chi connectivity index (χ4v) is 1.07. The third kappa shape index (κ3) is 6.80. The predicted molar refractivity (Wildman–Crippen MR) is 64.1 cm³/mol. The number of carbonyl (C=O) groups excluding carboxylic acids is 1. The molecule has 16 heavy (non-hydrogen) atoms. The molecule has 0 aromatic carbocycles. The highest BCUT2D eigenvalue weighted by Crippen LogP contribution is 2.08. The monoisotopic (exact) mass is 231 g/mol. The maximum Gasteiger partial charge on any atom is 0.323 e. The Bertz CT molecular complexity index is 211. The molecule has 4 heteroatoms. The molecule has 0 spiro atoms. The van der Waals surface area contributed by atoms with Crippen molar-refractivity contribution in [2.75, 3.05) is 13.2 Å². The van der Waals surface area contributed by atoms with E-state index in [4.69, 9.17) is 15.2 Å². The number of hydrogen-bond donors (Lipinski definition) is 1. The van der Waals surface area contributed by atoms with E-state index < -0.39 is 6.04 Å². The molecule has 0 fully saturated rings. The van der Waals surface area contributed by atoms with Gasteiger partial charge in [-0.1, -0.05) is 20.3 Å². The van der Waals surface area contributed by atoms with Gasteiger partial charge < -0.3 is 15.2 Å². The summed E-state index contributed by atoms with van der Waals surface area (Å²) in [4.78, 5) is 11.5. The van der Waals surface area contributed by atoms with Crippen LogP contribution in [0.3, 0.4) is 0 Å². The van der Waals surface area contributed by atoms with Gasteiger partial charge in [-0.3, -0.25) is 4.79 Å². The highest BCUT2D eigenvalue weighted by Gasteiger charge is 2.20. The third-order valence-electron chi connectivity index (χ3n) is 2.39. The molecule has 0 aromatic rings. The first kappa shape index (κ1) is 15.4. The Morgan fingerprint density at radius 1 is 1.31 bits per heavy atom. The molecular weight excluding hydrogens is 206 g/mol. The Labute approximate surface area is 98.5 Å². The van der Waals surface area contributed by atoms with Crippen molar-refractivity contribution in [1.82, 2.24) is 0 Å². The van der Waals surface area contributed by atoms with Crippen molar-refractivity contribution in [3.05, 3.63) is 0 Å². The minimum atomic E-state index is -0.528. The molecule has 0 saturated carbocycles. The summed E-state index contributed by atoms with van der Waals surface area (Å²) in [5.41, 5.74) is 5.52. The summed E-state index contributed by atoms with van der Waals surface area (Å²) in [6.07, 6.45) is 0.870. The van der Waals surface area contributed by atoms with E-state index in [9.17, 15) is 4.79 Å². The van der Waals surface area contributed by atoms with Crippen LogP contribution in [0.4, 0.5) is 0 Å². The van der Waals surface area contributed by atoms with Gasteiger partial charge in [0.15, 0.2) is 0 Å². The molecule has 0 rings (SSSR count). The molecule has 0 aliphatic carbocycles. The second kappa shape index (κ2) is 6.86. The van der Waals surface area contributed by atoms with Crippen molar-refractivity contribution < 1.29 is 14.3 Å². The van der Waals surface area contributed by atoms with Crippen LogP contribution in [0.25, 0.3) is 0 Å². The van der Waals surface area contributed by atoms with Crippen LogP contribution in [-0.2, 0) is 14.3 Å². The molecular formula is C12H25NO3. The fourth-order valence-electron chi connectivity index (χ4n) is 1.07. The highest BCUT2D eigenvalue weighted by atomic mass is 16.6. The largest absolute Gasteiger partial charge is 0.462 e. The van der Waals surface area contributed by atoms with Crippen LogP contribution in [0.15, 0.2) is 0 Å². The van der Waals surface area contributed by atoms with Crippen LogP contribution in [0.2, 0.25) is 0 Å². The van der Waals surface area contributed by atoms with Crippen molar-refractivity contribution in [3.63, 3.8) is 0 Å². The summed E-state index contributed by atoms with van der Waals surface area (Å²) in [5.74, 6) is -0.192. The summed E-state index contributed by atoms with van der Waals surface area (Å²) in [5, 5.41) is 0. The molecule has 2 atom stereocenters. The van der Waals surface area contributed by atoms with Crippen molar-refractivity contribution in [2.24, 2.45) is 11.7 Å². The lowest BCUT2D eigenvalue weighted by Crippen LogP contribution is -2.38. The average Bonchev–Trinajstić information content (AvgIpc) is 2.20. The summed E-state index contributed by atoms with van der Waals surface area (Å²) >= 11 is 0. The minimum absolute atomic E-state index is 0.149. The first-order chi connectivity index (χ1) is 7.28. The zero-order valence-corrected chi connectivity index (χ0v) is 11.1. The Hall–Kier alpha value is -0.610. The van der Waals surface area contributed by atoms with E-state index in [0.717, 1.165) is 6.42 Å². The number of hydrogen-bond acceptors (Lipinski definition) is 4. The average molecular weight is 231 g/mol.